The van der Waals surface area contributed by atoms with Gasteiger partial charge in [-0.25, -0.2) is 0 Å². The van der Waals surface area contributed by atoms with Gasteiger partial charge in [-0.15, -0.1) is 10.2 Å². The predicted octanol–water partition coefficient (Wildman–Crippen LogP) is 4.25. The second-order valence-corrected chi connectivity index (χ2v) is 6.07. The Morgan fingerprint density at radius 2 is 2.11 bits per heavy atom. The Bertz CT molecular complexity index is 588. The number of alkyl halides is 1. The molecule has 0 aliphatic heterocycles. The molecule has 0 saturated heterocycles. The van der Waals surface area contributed by atoms with Gasteiger partial charge in [0.15, 0.2) is 5.82 Å². The van der Waals surface area contributed by atoms with E-state index < -0.39 is 0 Å². The lowest BCUT2D eigenvalue weighted by Crippen LogP contribution is -2.02. The van der Waals surface area contributed by atoms with Gasteiger partial charge in [0.25, 0.3) is 0 Å². The highest BCUT2D eigenvalue weighted by molar-refractivity contribution is 9.10. The highest BCUT2D eigenvalue weighted by Gasteiger charge is 2.30. The van der Waals surface area contributed by atoms with Crippen LogP contribution in [-0.2, 0) is 5.33 Å². The molecule has 0 radical (unpaired) electrons. The Morgan fingerprint density at radius 1 is 1.33 bits per heavy atom. The third-order valence-corrected chi connectivity index (χ3v) is 4.35. The van der Waals surface area contributed by atoms with Crippen molar-refractivity contribution >= 4 is 31.9 Å². The minimum Gasteiger partial charge on any atom is -0.307 e. The summed E-state index contributed by atoms with van der Waals surface area (Å²) in [6.07, 6.45) is 2.46. The number of aromatic nitrogens is 3. The first kappa shape index (κ1) is 12.4. The lowest BCUT2D eigenvalue weighted by molar-refractivity contribution is 0.714. The van der Waals surface area contributed by atoms with Crippen LogP contribution in [0.2, 0.25) is 0 Å². The zero-order chi connectivity index (χ0) is 12.7. The summed E-state index contributed by atoms with van der Waals surface area (Å²) in [6.45, 7) is 2.10. The Labute approximate surface area is 123 Å². The van der Waals surface area contributed by atoms with Crippen molar-refractivity contribution in [2.45, 2.75) is 31.1 Å². The second kappa shape index (κ2) is 4.78. The van der Waals surface area contributed by atoms with Gasteiger partial charge in [0.2, 0.25) is 0 Å². The molecule has 3 nitrogen and oxygen atoms in total. The maximum absolute atomic E-state index is 4.37. The molecule has 0 unspecified atom stereocenters. The number of hydrogen-bond donors (Lipinski definition) is 0. The van der Waals surface area contributed by atoms with Crippen LogP contribution in [0.5, 0.6) is 0 Å². The van der Waals surface area contributed by atoms with E-state index in [0.29, 0.717) is 6.04 Å². The first-order chi connectivity index (χ1) is 8.70. The van der Waals surface area contributed by atoms with Crippen molar-refractivity contribution in [3.05, 3.63) is 34.1 Å². The molecule has 2 aromatic rings. The SMILES string of the molecule is Cc1ccc(Br)c(-c2nnc(CBr)n2C2CC2)c1. The number of rotatable bonds is 3. The lowest BCUT2D eigenvalue weighted by Gasteiger charge is -2.09. The molecule has 1 aliphatic carbocycles. The van der Waals surface area contributed by atoms with Crippen molar-refractivity contribution in [3.63, 3.8) is 0 Å². The molecular formula is C13H13Br2N3. The van der Waals surface area contributed by atoms with E-state index in [1.54, 1.807) is 0 Å². The maximum atomic E-state index is 4.37. The van der Waals surface area contributed by atoms with Crippen molar-refractivity contribution in [2.24, 2.45) is 0 Å². The highest BCUT2D eigenvalue weighted by Crippen LogP contribution is 2.40. The molecule has 0 N–H and O–H groups in total. The van der Waals surface area contributed by atoms with Gasteiger partial charge in [0.05, 0.1) is 5.33 Å². The summed E-state index contributed by atoms with van der Waals surface area (Å²) < 4.78 is 3.34. The van der Waals surface area contributed by atoms with Gasteiger partial charge in [-0.3, -0.25) is 0 Å². The Morgan fingerprint density at radius 3 is 2.78 bits per heavy atom. The van der Waals surface area contributed by atoms with Gasteiger partial charge < -0.3 is 4.57 Å². The van der Waals surface area contributed by atoms with Gasteiger partial charge in [0.1, 0.15) is 5.82 Å². The summed E-state index contributed by atoms with van der Waals surface area (Å²) in [5.74, 6) is 1.99. The van der Waals surface area contributed by atoms with Gasteiger partial charge >= 0.3 is 0 Å². The van der Waals surface area contributed by atoms with E-state index in [1.807, 2.05) is 0 Å². The number of hydrogen-bond acceptors (Lipinski definition) is 2. The number of halogens is 2. The van der Waals surface area contributed by atoms with Crippen LogP contribution < -0.4 is 0 Å². The highest BCUT2D eigenvalue weighted by atomic mass is 79.9. The quantitative estimate of drug-likeness (QED) is 0.756. The van der Waals surface area contributed by atoms with Crippen LogP contribution in [0.15, 0.2) is 22.7 Å². The average molecular weight is 371 g/mol. The second-order valence-electron chi connectivity index (χ2n) is 4.66. The molecule has 1 aliphatic rings. The Balaban J connectivity index is 2.16. The fourth-order valence-corrected chi connectivity index (χ4v) is 2.93. The monoisotopic (exact) mass is 369 g/mol. The number of aryl methyl sites for hydroxylation is 1. The van der Waals surface area contributed by atoms with Crippen molar-refractivity contribution in [1.82, 2.24) is 14.8 Å². The molecule has 0 amide bonds. The van der Waals surface area contributed by atoms with Gasteiger partial charge in [0, 0.05) is 16.1 Å². The Hall–Kier alpha value is -0.680. The first-order valence-electron chi connectivity index (χ1n) is 5.97. The summed E-state index contributed by atoms with van der Waals surface area (Å²) in [5, 5.41) is 9.41. The zero-order valence-electron chi connectivity index (χ0n) is 10.0. The van der Waals surface area contributed by atoms with E-state index in [-0.39, 0.29) is 0 Å². The summed E-state index contributed by atoms with van der Waals surface area (Å²) in [7, 11) is 0. The van der Waals surface area contributed by atoms with E-state index in [9.17, 15) is 0 Å². The largest absolute Gasteiger partial charge is 0.307 e. The molecule has 3 rings (SSSR count). The molecule has 0 spiro atoms. The van der Waals surface area contributed by atoms with Gasteiger partial charge in [-0.2, -0.15) is 0 Å². The average Bonchev–Trinajstić information content (AvgIpc) is 3.12. The van der Waals surface area contributed by atoms with E-state index in [2.05, 4.69) is 71.7 Å². The van der Waals surface area contributed by atoms with Crippen LogP contribution in [0.1, 0.15) is 30.3 Å². The molecule has 0 bridgehead atoms. The molecule has 94 valence electrons. The van der Waals surface area contributed by atoms with E-state index in [0.717, 1.165) is 27.0 Å². The summed E-state index contributed by atoms with van der Waals surface area (Å²) in [6, 6.07) is 6.90. The lowest BCUT2D eigenvalue weighted by atomic mass is 10.1. The molecule has 1 aromatic heterocycles. The third kappa shape index (κ3) is 2.14. The standard InChI is InChI=1S/C13H13Br2N3/c1-8-2-5-11(15)10(6-8)13-17-16-12(7-14)18(13)9-3-4-9/h2,5-6,9H,3-4,7H2,1H3. The minimum absolute atomic E-state index is 0.579. The van der Waals surface area contributed by atoms with Crippen LogP contribution in [0.4, 0.5) is 0 Å². The maximum Gasteiger partial charge on any atom is 0.165 e. The molecule has 5 heteroatoms. The first-order valence-corrected chi connectivity index (χ1v) is 7.88. The third-order valence-electron chi connectivity index (χ3n) is 3.16. The normalized spacial score (nSPS) is 15.1. The molecule has 1 heterocycles. The number of nitrogens with zero attached hydrogens (tertiary/aromatic N) is 3. The minimum atomic E-state index is 0.579. The van der Waals surface area contributed by atoms with E-state index in [4.69, 9.17) is 0 Å². The molecule has 1 saturated carbocycles. The van der Waals surface area contributed by atoms with Crippen molar-refractivity contribution in [1.29, 1.82) is 0 Å². The van der Waals surface area contributed by atoms with E-state index >= 15 is 0 Å². The van der Waals surface area contributed by atoms with Crippen LogP contribution in [0, 0.1) is 6.92 Å². The van der Waals surface area contributed by atoms with Gasteiger partial charge in [-0.05, 0) is 31.9 Å². The molecule has 1 fully saturated rings. The zero-order valence-corrected chi connectivity index (χ0v) is 13.2. The summed E-state index contributed by atoms with van der Waals surface area (Å²) in [4.78, 5) is 0. The summed E-state index contributed by atoms with van der Waals surface area (Å²) in [5.41, 5.74) is 2.36. The van der Waals surface area contributed by atoms with Crippen LogP contribution >= 0.6 is 31.9 Å². The molecule has 18 heavy (non-hydrogen) atoms. The van der Waals surface area contributed by atoms with Crippen molar-refractivity contribution in [2.75, 3.05) is 0 Å². The predicted molar refractivity (Wildman–Crippen MR) is 78.8 cm³/mol. The molecule has 1 aromatic carbocycles. The van der Waals surface area contributed by atoms with Crippen LogP contribution in [-0.4, -0.2) is 14.8 Å². The van der Waals surface area contributed by atoms with E-state index in [1.165, 1.54) is 18.4 Å². The van der Waals surface area contributed by atoms with Crippen molar-refractivity contribution < 1.29 is 0 Å². The fourth-order valence-electron chi connectivity index (χ4n) is 2.13. The van der Waals surface area contributed by atoms with Crippen LogP contribution in [0.25, 0.3) is 11.4 Å². The fraction of sp³-hybridized carbons (Fsp3) is 0.385. The molecule has 0 atom stereocenters. The van der Waals surface area contributed by atoms with Gasteiger partial charge in [-0.1, -0.05) is 43.5 Å². The summed E-state index contributed by atoms with van der Waals surface area (Å²) >= 11 is 7.10. The van der Waals surface area contributed by atoms with Crippen molar-refractivity contribution in [3.8, 4) is 11.4 Å². The molecular weight excluding hydrogens is 358 g/mol. The topological polar surface area (TPSA) is 30.7 Å². The number of benzene rings is 1. The Kier molecular flexibility index (Phi) is 3.28. The van der Waals surface area contributed by atoms with Crippen LogP contribution in [0.3, 0.4) is 0 Å². The smallest absolute Gasteiger partial charge is 0.165 e.